The molecule has 134 valence electrons. The number of aromatic nitrogens is 4. The molecular formula is C16H24N8S. The molecule has 0 saturated carbocycles. The van der Waals surface area contributed by atoms with E-state index in [1.165, 1.54) is 0 Å². The van der Waals surface area contributed by atoms with Crippen molar-refractivity contribution in [3.8, 4) is 6.19 Å². The lowest BCUT2D eigenvalue weighted by Crippen LogP contribution is -2.36. The van der Waals surface area contributed by atoms with Crippen LogP contribution in [0.4, 0.5) is 0 Å². The van der Waals surface area contributed by atoms with Gasteiger partial charge in [0.2, 0.25) is 5.96 Å². The van der Waals surface area contributed by atoms with E-state index in [9.17, 15) is 0 Å². The molecule has 0 unspecified atom stereocenters. The fourth-order valence-corrected chi connectivity index (χ4v) is 3.08. The van der Waals surface area contributed by atoms with Crippen LogP contribution in [-0.4, -0.2) is 44.3 Å². The van der Waals surface area contributed by atoms with Crippen molar-refractivity contribution in [3.63, 3.8) is 0 Å². The van der Waals surface area contributed by atoms with E-state index < -0.39 is 0 Å². The molecule has 0 fully saturated rings. The molecule has 0 saturated heterocycles. The van der Waals surface area contributed by atoms with E-state index in [0.29, 0.717) is 12.5 Å². The lowest BCUT2D eigenvalue weighted by Gasteiger charge is -2.08. The number of nitrogens with one attached hydrogen (secondary N) is 3. The van der Waals surface area contributed by atoms with Gasteiger partial charge >= 0.3 is 0 Å². The fraction of sp³-hybridized carbons (Fsp3) is 0.500. The van der Waals surface area contributed by atoms with Gasteiger partial charge in [-0.2, -0.15) is 17.0 Å². The van der Waals surface area contributed by atoms with Crippen molar-refractivity contribution >= 4 is 17.7 Å². The Balaban J connectivity index is 1.64. The smallest absolute Gasteiger partial charge is 0.204 e. The zero-order chi connectivity index (χ0) is 17.9. The molecule has 9 heteroatoms. The van der Waals surface area contributed by atoms with Gasteiger partial charge in [-0.25, -0.2) is 9.97 Å². The molecule has 0 aliphatic carbocycles. The van der Waals surface area contributed by atoms with Crippen LogP contribution < -0.4 is 10.6 Å². The third kappa shape index (κ3) is 6.51. The minimum absolute atomic E-state index is 0.529. The van der Waals surface area contributed by atoms with Gasteiger partial charge in [-0.05, 0) is 20.3 Å². The number of aliphatic imine (C=N–C) groups is 1. The molecule has 0 aliphatic rings. The Hall–Kier alpha value is -2.47. The van der Waals surface area contributed by atoms with Gasteiger partial charge in [0.25, 0.3) is 0 Å². The van der Waals surface area contributed by atoms with Gasteiger partial charge in [0.15, 0.2) is 6.19 Å². The molecule has 25 heavy (non-hydrogen) atoms. The molecule has 8 nitrogen and oxygen atoms in total. The lowest BCUT2D eigenvalue weighted by molar-refractivity contribution is 0.632. The van der Waals surface area contributed by atoms with E-state index in [0.717, 1.165) is 48.2 Å². The summed E-state index contributed by atoms with van der Waals surface area (Å²) in [6.45, 7) is 6.26. The van der Waals surface area contributed by atoms with E-state index in [1.807, 2.05) is 26.2 Å². The highest BCUT2D eigenvalue weighted by Crippen LogP contribution is 2.11. The number of guanidine groups is 1. The maximum Gasteiger partial charge on any atom is 0.204 e. The number of thioether (sulfide) groups is 1. The van der Waals surface area contributed by atoms with Gasteiger partial charge in [-0.15, -0.1) is 0 Å². The van der Waals surface area contributed by atoms with Crippen LogP contribution in [0.1, 0.15) is 23.6 Å². The Labute approximate surface area is 152 Å². The summed E-state index contributed by atoms with van der Waals surface area (Å²) in [7, 11) is 0. The van der Waals surface area contributed by atoms with Crippen molar-refractivity contribution in [1.29, 1.82) is 5.26 Å². The normalized spacial score (nSPS) is 11.3. The number of H-pyrrole nitrogens is 1. The summed E-state index contributed by atoms with van der Waals surface area (Å²) in [4.78, 5) is 16.0. The van der Waals surface area contributed by atoms with Crippen LogP contribution in [0.3, 0.4) is 0 Å². The van der Waals surface area contributed by atoms with Gasteiger partial charge in [-0.1, -0.05) is 0 Å². The number of imidazole rings is 2. The summed E-state index contributed by atoms with van der Waals surface area (Å²) >= 11 is 1.79. The van der Waals surface area contributed by atoms with Gasteiger partial charge in [-0.3, -0.25) is 10.3 Å². The minimum atomic E-state index is 0.529. The Kier molecular flexibility index (Phi) is 7.85. The van der Waals surface area contributed by atoms with Crippen LogP contribution in [0, 0.1) is 25.3 Å². The Morgan fingerprint density at radius 2 is 2.32 bits per heavy atom. The van der Waals surface area contributed by atoms with Crippen molar-refractivity contribution in [2.75, 3.05) is 18.8 Å². The van der Waals surface area contributed by atoms with E-state index in [1.54, 1.807) is 24.3 Å². The zero-order valence-corrected chi connectivity index (χ0v) is 15.4. The molecule has 2 aromatic rings. The van der Waals surface area contributed by atoms with Gasteiger partial charge in [0, 0.05) is 49.2 Å². The van der Waals surface area contributed by atoms with E-state index in [4.69, 9.17) is 5.26 Å². The summed E-state index contributed by atoms with van der Waals surface area (Å²) < 4.78 is 2.09. The molecule has 0 spiro atoms. The number of nitrogens with zero attached hydrogens (tertiary/aromatic N) is 5. The number of rotatable bonds is 9. The van der Waals surface area contributed by atoms with E-state index >= 15 is 0 Å². The number of hydrogen-bond acceptors (Lipinski definition) is 5. The third-order valence-corrected chi connectivity index (χ3v) is 4.61. The largest absolute Gasteiger partial charge is 0.355 e. The standard InChI is InChI=1S/C16H24N8S/c1-13-15(23-12-22-13)10-25-9-6-20-16(21-11-17)19-4-3-7-24-8-5-18-14(24)2/h5,8,12H,3-4,6-7,9-10H2,1-2H3,(H,22,23)(H2,19,20,21). The maximum atomic E-state index is 8.83. The van der Waals surface area contributed by atoms with Crippen LogP contribution in [0.2, 0.25) is 0 Å². The summed E-state index contributed by atoms with van der Waals surface area (Å²) in [5.74, 6) is 3.31. The molecule has 0 aliphatic heterocycles. The first kappa shape index (κ1) is 18.9. The van der Waals surface area contributed by atoms with E-state index in [2.05, 4.69) is 35.1 Å². The van der Waals surface area contributed by atoms with Crippen molar-refractivity contribution in [2.24, 2.45) is 4.99 Å². The second-order valence-corrected chi connectivity index (χ2v) is 6.55. The number of aromatic amines is 1. The summed E-state index contributed by atoms with van der Waals surface area (Å²) in [6, 6.07) is 0. The van der Waals surface area contributed by atoms with Crippen molar-refractivity contribution in [3.05, 3.63) is 35.9 Å². The SMILES string of the molecule is Cc1[nH]cnc1CSCCNC(=NCCCn1ccnc1C)NC#N. The average molecular weight is 360 g/mol. The van der Waals surface area contributed by atoms with Crippen LogP contribution in [0.15, 0.2) is 23.7 Å². The maximum absolute atomic E-state index is 8.83. The molecule has 2 aromatic heterocycles. The van der Waals surface area contributed by atoms with E-state index in [-0.39, 0.29) is 0 Å². The molecular weight excluding hydrogens is 336 g/mol. The number of aryl methyl sites for hydroxylation is 3. The van der Waals surface area contributed by atoms with Crippen LogP contribution >= 0.6 is 11.8 Å². The molecule has 3 N–H and O–H groups in total. The van der Waals surface area contributed by atoms with Crippen molar-refractivity contribution in [2.45, 2.75) is 32.6 Å². The lowest BCUT2D eigenvalue weighted by atomic mass is 10.4. The Morgan fingerprint density at radius 3 is 3.00 bits per heavy atom. The first-order valence-corrected chi connectivity index (χ1v) is 9.34. The first-order chi connectivity index (χ1) is 12.2. The Morgan fingerprint density at radius 1 is 1.44 bits per heavy atom. The van der Waals surface area contributed by atoms with Gasteiger partial charge in [0.05, 0.1) is 12.0 Å². The average Bonchev–Trinajstić information content (AvgIpc) is 3.19. The summed E-state index contributed by atoms with van der Waals surface area (Å²) in [5, 5.41) is 14.6. The van der Waals surface area contributed by atoms with Crippen LogP contribution in [0.5, 0.6) is 0 Å². The van der Waals surface area contributed by atoms with Crippen LogP contribution in [-0.2, 0) is 12.3 Å². The third-order valence-electron chi connectivity index (χ3n) is 3.64. The second-order valence-electron chi connectivity index (χ2n) is 5.44. The molecule has 0 aromatic carbocycles. The van der Waals surface area contributed by atoms with Crippen LogP contribution in [0.25, 0.3) is 0 Å². The monoisotopic (exact) mass is 360 g/mol. The first-order valence-electron chi connectivity index (χ1n) is 8.18. The van der Waals surface area contributed by atoms with Gasteiger partial charge < -0.3 is 14.9 Å². The summed E-state index contributed by atoms with van der Waals surface area (Å²) in [5.41, 5.74) is 2.20. The minimum Gasteiger partial charge on any atom is -0.355 e. The molecule has 2 rings (SSSR count). The zero-order valence-electron chi connectivity index (χ0n) is 14.6. The Bertz CT molecular complexity index is 712. The molecule has 0 amide bonds. The molecule has 0 atom stereocenters. The second kappa shape index (κ2) is 10.4. The number of hydrogen-bond donors (Lipinski definition) is 3. The highest BCUT2D eigenvalue weighted by atomic mass is 32.2. The van der Waals surface area contributed by atoms with Crippen molar-refractivity contribution in [1.82, 2.24) is 30.2 Å². The summed E-state index contributed by atoms with van der Waals surface area (Å²) in [6.07, 6.45) is 8.29. The quantitative estimate of drug-likeness (QED) is 0.206. The van der Waals surface area contributed by atoms with Crippen molar-refractivity contribution < 1.29 is 0 Å². The molecule has 2 heterocycles. The van der Waals surface area contributed by atoms with Gasteiger partial charge in [0.1, 0.15) is 5.82 Å². The topological polar surface area (TPSA) is 107 Å². The predicted molar refractivity (Wildman–Crippen MR) is 100 cm³/mol. The number of nitriles is 1. The highest BCUT2D eigenvalue weighted by molar-refractivity contribution is 7.98. The molecule has 0 radical (unpaired) electrons. The predicted octanol–water partition coefficient (Wildman–Crippen LogP) is 1.56. The molecule has 0 bridgehead atoms. The highest BCUT2D eigenvalue weighted by Gasteiger charge is 2.02. The fourth-order valence-electron chi connectivity index (χ4n) is 2.21.